The maximum absolute atomic E-state index is 13.0. The van der Waals surface area contributed by atoms with Gasteiger partial charge in [0.25, 0.3) is 0 Å². The highest BCUT2D eigenvalue weighted by Crippen LogP contribution is 2.21. The lowest BCUT2D eigenvalue weighted by Gasteiger charge is -2.24. The van der Waals surface area contributed by atoms with E-state index in [0.29, 0.717) is 11.6 Å². The Morgan fingerprint density at radius 3 is 2.69 bits per heavy atom. The summed E-state index contributed by atoms with van der Waals surface area (Å²) in [6.07, 6.45) is 2.68. The summed E-state index contributed by atoms with van der Waals surface area (Å²) in [6, 6.07) is 7.28. The molecule has 0 saturated carbocycles. The number of ether oxygens (including phenoxy) is 1. The van der Waals surface area contributed by atoms with Gasteiger partial charge >= 0.3 is 0 Å². The number of amides is 1. The van der Waals surface area contributed by atoms with E-state index >= 15 is 0 Å². The van der Waals surface area contributed by atoms with E-state index in [0.717, 1.165) is 17.1 Å². The molecule has 140 valence electrons. The van der Waals surface area contributed by atoms with Gasteiger partial charge < -0.3 is 14.6 Å². The summed E-state index contributed by atoms with van der Waals surface area (Å²) >= 11 is 5.83. The van der Waals surface area contributed by atoms with Gasteiger partial charge in [0.2, 0.25) is 15.9 Å². The van der Waals surface area contributed by atoms with E-state index in [4.69, 9.17) is 16.3 Å². The maximum Gasteiger partial charge on any atom is 0.243 e. The number of carbonyl (C=O) groups excluding carboxylic acids is 1. The van der Waals surface area contributed by atoms with Crippen LogP contribution in [-0.4, -0.2) is 49.6 Å². The van der Waals surface area contributed by atoms with Gasteiger partial charge in [-0.25, -0.2) is 8.42 Å². The summed E-state index contributed by atoms with van der Waals surface area (Å²) in [4.78, 5) is 12.3. The first kappa shape index (κ1) is 18.8. The number of sulfonamides is 1. The SMILES string of the molecule is O=C(CN(CC1CCCO1)S(=O)(=O)c1ccc(Cl)cc1)Nc1ccon1. The van der Waals surface area contributed by atoms with Crippen molar-refractivity contribution >= 4 is 33.3 Å². The predicted molar refractivity (Wildman–Crippen MR) is 94.3 cm³/mol. The lowest BCUT2D eigenvalue weighted by Crippen LogP contribution is -2.42. The number of carbonyl (C=O) groups is 1. The smallest absolute Gasteiger partial charge is 0.243 e. The fraction of sp³-hybridized carbons (Fsp3) is 0.375. The van der Waals surface area contributed by atoms with E-state index < -0.39 is 15.9 Å². The Morgan fingerprint density at radius 2 is 2.08 bits per heavy atom. The Bertz CT molecular complexity index is 833. The molecule has 1 aromatic heterocycles. The van der Waals surface area contributed by atoms with E-state index in [2.05, 4.69) is 15.0 Å². The number of aromatic nitrogens is 1. The lowest BCUT2D eigenvalue weighted by atomic mass is 10.2. The number of hydrogen-bond donors (Lipinski definition) is 1. The Morgan fingerprint density at radius 1 is 1.31 bits per heavy atom. The highest BCUT2D eigenvalue weighted by atomic mass is 35.5. The van der Waals surface area contributed by atoms with Gasteiger partial charge in [0.1, 0.15) is 6.26 Å². The second-order valence-corrected chi connectivity index (χ2v) is 8.19. The molecule has 1 saturated heterocycles. The monoisotopic (exact) mass is 399 g/mol. The third-order valence-electron chi connectivity index (χ3n) is 3.91. The number of hydrogen-bond acceptors (Lipinski definition) is 6. The summed E-state index contributed by atoms with van der Waals surface area (Å²) in [7, 11) is -3.89. The molecule has 10 heteroatoms. The molecular formula is C16H18ClN3O5S. The quantitative estimate of drug-likeness (QED) is 0.765. The highest BCUT2D eigenvalue weighted by Gasteiger charge is 2.30. The molecule has 0 radical (unpaired) electrons. The van der Waals surface area contributed by atoms with Crippen LogP contribution < -0.4 is 5.32 Å². The third-order valence-corrected chi connectivity index (χ3v) is 5.99. The molecule has 0 bridgehead atoms. The molecule has 1 atom stereocenters. The molecule has 3 rings (SSSR count). The number of rotatable bonds is 7. The number of anilines is 1. The van der Waals surface area contributed by atoms with Crippen LogP contribution >= 0.6 is 11.6 Å². The molecule has 1 unspecified atom stereocenters. The molecule has 0 aliphatic carbocycles. The molecule has 1 aromatic carbocycles. The van der Waals surface area contributed by atoms with Gasteiger partial charge in [-0.1, -0.05) is 16.8 Å². The van der Waals surface area contributed by atoms with Crippen molar-refractivity contribution in [2.24, 2.45) is 0 Å². The minimum atomic E-state index is -3.89. The van der Waals surface area contributed by atoms with E-state index in [-0.39, 0.29) is 29.9 Å². The van der Waals surface area contributed by atoms with Crippen molar-refractivity contribution in [1.29, 1.82) is 0 Å². The molecule has 8 nitrogen and oxygen atoms in total. The van der Waals surface area contributed by atoms with Crippen molar-refractivity contribution in [3.8, 4) is 0 Å². The first-order valence-corrected chi connectivity index (χ1v) is 9.84. The molecular weight excluding hydrogens is 382 g/mol. The van der Waals surface area contributed by atoms with Crippen molar-refractivity contribution in [1.82, 2.24) is 9.46 Å². The molecule has 1 aliphatic rings. The predicted octanol–water partition coefficient (Wildman–Crippen LogP) is 2.14. The molecule has 26 heavy (non-hydrogen) atoms. The van der Waals surface area contributed by atoms with Crippen LogP contribution in [0.5, 0.6) is 0 Å². The van der Waals surface area contributed by atoms with Crippen LogP contribution in [0.3, 0.4) is 0 Å². The van der Waals surface area contributed by atoms with E-state index in [1.165, 1.54) is 36.6 Å². The molecule has 0 spiro atoms. The molecule has 1 amide bonds. The largest absolute Gasteiger partial charge is 0.377 e. The molecule has 1 aliphatic heterocycles. The topological polar surface area (TPSA) is 102 Å². The fourth-order valence-electron chi connectivity index (χ4n) is 2.64. The second kappa shape index (κ2) is 8.17. The average molecular weight is 400 g/mol. The van der Waals surface area contributed by atoms with Crippen molar-refractivity contribution in [2.45, 2.75) is 23.8 Å². The molecule has 1 N–H and O–H groups in total. The van der Waals surface area contributed by atoms with Crippen LogP contribution in [-0.2, 0) is 19.6 Å². The van der Waals surface area contributed by atoms with E-state index in [9.17, 15) is 13.2 Å². The maximum atomic E-state index is 13.0. The lowest BCUT2D eigenvalue weighted by molar-refractivity contribution is -0.116. The van der Waals surface area contributed by atoms with Gasteiger partial charge in [0, 0.05) is 24.2 Å². The van der Waals surface area contributed by atoms with Crippen molar-refractivity contribution in [2.75, 3.05) is 25.0 Å². The number of nitrogens with one attached hydrogen (secondary N) is 1. The Balaban J connectivity index is 1.79. The summed E-state index contributed by atoms with van der Waals surface area (Å²) in [5.41, 5.74) is 0. The average Bonchev–Trinajstić information content (AvgIpc) is 3.28. The van der Waals surface area contributed by atoms with E-state index in [1.54, 1.807) is 0 Å². The highest BCUT2D eigenvalue weighted by molar-refractivity contribution is 7.89. The van der Waals surface area contributed by atoms with Crippen LogP contribution in [0.25, 0.3) is 0 Å². The van der Waals surface area contributed by atoms with Gasteiger partial charge in [-0.05, 0) is 37.1 Å². The summed E-state index contributed by atoms with van der Waals surface area (Å²) in [5, 5.41) is 6.51. The summed E-state index contributed by atoms with van der Waals surface area (Å²) in [6.45, 7) is 0.319. The zero-order valence-electron chi connectivity index (χ0n) is 13.8. The summed E-state index contributed by atoms with van der Waals surface area (Å²) < 4.78 is 37.3. The van der Waals surface area contributed by atoms with Crippen LogP contribution in [0.1, 0.15) is 12.8 Å². The van der Waals surface area contributed by atoms with Gasteiger partial charge in [0.15, 0.2) is 5.82 Å². The van der Waals surface area contributed by atoms with Crippen molar-refractivity contribution in [3.05, 3.63) is 41.6 Å². The van der Waals surface area contributed by atoms with Gasteiger partial charge in [-0.3, -0.25) is 4.79 Å². The van der Waals surface area contributed by atoms with Crippen LogP contribution in [0.15, 0.2) is 46.0 Å². The third kappa shape index (κ3) is 4.61. The van der Waals surface area contributed by atoms with E-state index in [1.807, 2.05) is 0 Å². The Labute approximate surface area is 156 Å². The van der Waals surface area contributed by atoms with Crippen LogP contribution in [0, 0.1) is 0 Å². The molecule has 2 aromatic rings. The Hall–Kier alpha value is -1.94. The van der Waals surface area contributed by atoms with Gasteiger partial charge in [0.05, 0.1) is 17.5 Å². The Kier molecular flexibility index (Phi) is 5.92. The molecule has 1 fully saturated rings. The number of halogens is 1. The number of nitrogens with zero attached hydrogens (tertiary/aromatic N) is 2. The van der Waals surface area contributed by atoms with Gasteiger partial charge in [-0.15, -0.1) is 0 Å². The fourth-order valence-corrected chi connectivity index (χ4v) is 4.19. The van der Waals surface area contributed by atoms with Gasteiger partial charge in [-0.2, -0.15) is 4.31 Å². The number of benzene rings is 1. The first-order chi connectivity index (χ1) is 12.4. The van der Waals surface area contributed by atoms with Crippen LogP contribution in [0.4, 0.5) is 5.82 Å². The zero-order valence-corrected chi connectivity index (χ0v) is 15.4. The minimum Gasteiger partial charge on any atom is -0.377 e. The summed E-state index contributed by atoms with van der Waals surface area (Å²) in [5.74, 6) is -0.301. The zero-order chi connectivity index (χ0) is 18.6. The normalized spacial score (nSPS) is 17.5. The van der Waals surface area contributed by atoms with Crippen LogP contribution in [0.2, 0.25) is 5.02 Å². The van der Waals surface area contributed by atoms with Crippen molar-refractivity contribution < 1.29 is 22.5 Å². The van der Waals surface area contributed by atoms with Crippen molar-refractivity contribution in [3.63, 3.8) is 0 Å². The second-order valence-electron chi connectivity index (χ2n) is 5.82. The minimum absolute atomic E-state index is 0.0640. The molecule has 2 heterocycles. The first-order valence-electron chi connectivity index (χ1n) is 8.03. The standard InChI is InChI=1S/C16H18ClN3O5S/c17-12-3-5-14(6-4-12)26(22,23)20(10-13-2-1-8-24-13)11-16(21)18-15-7-9-25-19-15/h3-7,9,13H,1-2,8,10-11H2,(H,18,19,21).